The lowest BCUT2D eigenvalue weighted by atomic mass is 9.92. The normalized spacial score (nSPS) is 18.3. The maximum absolute atomic E-state index is 13.2. The van der Waals surface area contributed by atoms with Gasteiger partial charge in [-0.3, -0.25) is 19.3 Å². The van der Waals surface area contributed by atoms with Gasteiger partial charge in [0.15, 0.2) is 5.78 Å². The van der Waals surface area contributed by atoms with Crippen molar-refractivity contribution in [2.24, 2.45) is 0 Å². The molecule has 0 saturated carbocycles. The highest BCUT2D eigenvalue weighted by molar-refractivity contribution is 6.11. The number of halogens is 1. The standard InChI is InChI=1S/C22H22FN3O4/c1-3-4-19(28)24-17-11-5-14(6-12-17)18(27)13-26-20(29)22(2,25-21(26)30)15-7-9-16(23)10-8-15/h5-12H,3-4,13H2,1-2H3,(H,24,28)(H,25,30)/t22-/m0/s1. The van der Waals surface area contributed by atoms with Crippen LogP contribution in [0.25, 0.3) is 0 Å². The minimum atomic E-state index is -1.38. The Morgan fingerprint density at radius 1 is 1.07 bits per heavy atom. The molecule has 0 aromatic heterocycles. The van der Waals surface area contributed by atoms with E-state index in [-0.39, 0.29) is 5.91 Å². The summed E-state index contributed by atoms with van der Waals surface area (Å²) in [4.78, 5) is 50.3. The van der Waals surface area contributed by atoms with Crippen LogP contribution in [-0.2, 0) is 15.1 Å². The molecular formula is C22H22FN3O4. The molecule has 3 rings (SSSR count). The number of Topliss-reactive ketones (excluding diaryl/α,β-unsaturated/α-hetero) is 1. The van der Waals surface area contributed by atoms with Gasteiger partial charge in [-0.15, -0.1) is 0 Å². The summed E-state index contributed by atoms with van der Waals surface area (Å²) in [6, 6.07) is 10.8. The van der Waals surface area contributed by atoms with E-state index in [9.17, 15) is 23.6 Å². The second-order valence-corrected chi connectivity index (χ2v) is 7.25. The van der Waals surface area contributed by atoms with Gasteiger partial charge in [0.2, 0.25) is 5.91 Å². The van der Waals surface area contributed by atoms with Crippen LogP contribution in [0.15, 0.2) is 48.5 Å². The van der Waals surface area contributed by atoms with E-state index in [0.717, 1.165) is 11.3 Å². The molecule has 0 unspecified atom stereocenters. The molecule has 156 valence electrons. The number of urea groups is 1. The summed E-state index contributed by atoms with van der Waals surface area (Å²) in [5.74, 6) is -1.58. The van der Waals surface area contributed by atoms with Gasteiger partial charge >= 0.3 is 6.03 Å². The first kappa shape index (κ1) is 21.2. The Morgan fingerprint density at radius 3 is 2.30 bits per heavy atom. The summed E-state index contributed by atoms with van der Waals surface area (Å²) in [6.45, 7) is 2.99. The maximum atomic E-state index is 13.2. The van der Waals surface area contributed by atoms with E-state index in [1.807, 2.05) is 6.92 Å². The third-order valence-electron chi connectivity index (χ3n) is 4.97. The van der Waals surface area contributed by atoms with Crippen molar-refractivity contribution in [3.8, 4) is 0 Å². The second kappa shape index (κ2) is 8.44. The molecule has 1 saturated heterocycles. The zero-order valence-electron chi connectivity index (χ0n) is 16.7. The van der Waals surface area contributed by atoms with Gasteiger partial charge in [0.1, 0.15) is 11.4 Å². The van der Waals surface area contributed by atoms with Crippen LogP contribution in [0.1, 0.15) is 42.6 Å². The summed E-state index contributed by atoms with van der Waals surface area (Å²) in [5.41, 5.74) is -0.0916. The molecule has 4 amide bonds. The number of anilines is 1. The van der Waals surface area contributed by atoms with Gasteiger partial charge in [0.05, 0.1) is 6.54 Å². The number of imide groups is 1. The number of amides is 4. The van der Waals surface area contributed by atoms with Crippen LogP contribution in [0, 0.1) is 5.82 Å². The van der Waals surface area contributed by atoms with Crippen molar-refractivity contribution in [2.45, 2.75) is 32.2 Å². The molecule has 0 bridgehead atoms. The number of hydrogen-bond acceptors (Lipinski definition) is 4. The van der Waals surface area contributed by atoms with Gasteiger partial charge < -0.3 is 10.6 Å². The summed E-state index contributed by atoms with van der Waals surface area (Å²) >= 11 is 0. The number of benzene rings is 2. The topological polar surface area (TPSA) is 95.6 Å². The van der Waals surface area contributed by atoms with Crippen molar-refractivity contribution < 1.29 is 23.6 Å². The fourth-order valence-corrected chi connectivity index (χ4v) is 3.24. The highest BCUT2D eigenvalue weighted by atomic mass is 19.1. The summed E-state index contributed by atoms with van der Waals surface area (Å²) < 4.78 is 13.2. The molecule has 1 aliphatic rings. The Balaban J connectivity index is 1.70. The van der Waals surface area contributed by atoms with Crippen molar-refractivity contribution >= 4 is 29.3 Å². The van der Waals surface area contributed by atoms with Crippen molar-refractivity contribution in [3.05, 3.63) is 65.5 Å². The molecule has 2 aromatic rings. The Kier molecular flexibility index (Phi) is 5.96. The molecule has 7 nitrogen and oxygen atoms in total. The molecule has 0 aliphatic carbocycles. The van der Waals surface area contributed by atoms with Crippen LogP contribution in [0.4, 0.5) is 14.9 Å². The van der Waals surface area contributed by atoms with Gasteiger partial charge in [0, 0.05) is 17.7 Å². The molecule has 2 N–H and O–H groups in total. The van der Waals surface area contributed by atoms with Crippen molar-refractivity contribution in [1.29, 1.82) is 0 Å². The van der Waals surface area contributed by atoms with Gasteiger partial charge in [-0.2, -0.15) is 0 Å². The Bertz CT molecular complexity index is 988. The zero-order chi connectivity index (χ0) is 21.9. The predicted molar refractivity (Wildman–Crippen MR) is 108 cm³/mol. The maximum Gasteiger partial charge on any atom is 0.325 e. The number of hydrogen-bond donors (Lipinski definition) is 2. The summed E-state index contributed by atoms with van der Waals surface area (Å²) in [6.07, 6.45) is 1.13. The lowest BCUT2D eigenvalue weighted by Gasteiger charge is -2.22. The number of nitrogens with zero attached hydrogens (tertiary/aromatic N) is 1. The smallest absolute Gasteiger partial charge is 0.325 e. The van der Waals surface area contributed by atoms with Gasteiger partial charge in [-0.1, -0.05) is 19.1 Å². The molecule has 1 fully saturated rings. The van der Waals surface area contributed by atoms with Crippen LogP contribution >= 0.6 is 0 Å². The number of nitrogens with one attached hydrogen (secondary N) is 2. The summed E-state index contributed by atoms with van der Waals surface area (Å²) in [7, 11) is 0. The molecular weight excluding hydrogens is 389 g/mol. The van der Waals surface area contributed by atoms with Crippen LogP contribution in [0.2, 0.25) is 0 Å². The third-order valence-corrected chi connectivity index (χ3v) is 4.97. The van der Waals surface area contributed by atoms with Crippen molar-refractivity contribution in [3.63, 3.8) is 0 Å². The lowest BCUT2D eigenvalue weighted by Crippen LogP contribution is -2.41. The number of ketones is 1. The SMILES string of the molecule is CCCC(=O)Nc1ccc(C(=O)CN2C(=O)N[C@@](C)(c3ccc(F)cc3)C2=O)cc1. The van der Waals surface area contributed by atoms with Gasteiger partial charge in [0.25, 0.3) is 5.91 Å². The van der Waals surface area contributed by atoms with E-state index in [1.165, 1.54) is 43.3 Å². The first-order chi connectivity index (χ1) is 14.2. The van der Waals surface area contributed by atoms with Gasteiger partial charge in [-0.05, 0) is 55.3 Å². The van der Waals surface area contributed by atoms with E-state index in [1.54, 1.807) is 12.1 Å². The Labute approximate surface area is 173 Å². The van der Waals surface area contributed by atoms with E-state index in [2.05, 4.69) is 10.6 Å². The number of carbonyl (C=O) groups excluding carboxylic acids is 4. The van der Waals surface area contributed by atoms with Gasteiger partial charge in [-0.25, -0.2) is 9.18 Å². The largest absolute Gasteiger partial charge is 0.326 e. The molecule has 0 spiro atoms. The van der Waals surface area contributed by atoms with E-state index in [0.29, 0.717) is 23.2 Å². The Hall–Kier alpha value is -3.55. The molecule has 2 aromatic carbocycles. The predicted octanol–water partition coefficient (Wildman–Crippen LogP) is 3.21. The monoisotopic (exact) mass is 411 g/mol. The quantitative estimate of drug-likeness (QED) is 0.540. The summed E-state index contributed by atoms with van der Waals surface area (Å²) in [5, 5.41) is 5.30. The number of carbonyl (C=O) groups is 4. The molecule has 1 heterocycles. The van der Waals surface area contributed by atoms with E-state index < -0.39 is 35.6 Å². The molecule has 8 heteroatoms. The average molecular weight is 411 g/mol. The minimum Gasteiger partial charge on any atom is -0.326 e. The van der Waals surface area contributed by atoms with Crippen molar-refractivity contribution in [1.82, 2.24) is 10.2 Å². The van der Waals surface area contributed by atoms with Crippen LogP contribution in [0.5, 0.6) is 0 Å². The molecule has 0 radical (unpaired) electrons. The van der Waals surface area contributed by atoms with E-state index in [4.69, 9.17) is 0 Å². The highest BCUT2D eigenvalue weighted by Crippen LogP contribution is 2.29. The van der Waals surface area contributed by atoms with E-state index >= 15 is 0 Å². The number of rotatable bonds is 7. The Morgan fingerprint density at radius 2 is 1.70 bits per heavy atom. The van der Waals surface area contributed by atoms with Crippen LogP contribution < -0.4 is 10.6 Å². The molecule has 1 atom stereocenters. The second-order valence-electron chi connectivity index (χ2n) is 7.25. The fourth-order valence-electron chi connectivity index (χ4n) is 3.24. The zero-order valence-corrected chi connectivity index (χ0v) is 16.7. The first-order valence-corrected chi connectivity index (χ1v) is 9.58. The highest BCUT2D eigenvalue weighted by Gasteiger charge is 2.49. The molecule has 1 aliphatic heterocycles. The van der Waals surface area contributed by atoms with Crippen LogP contribution in [-0.4, -0.2) is 35.1 Å². The average Bonchev–Trinajstić information content (AvgIpc) is 2.93. The fraction of sp³-hybridized carbons (Fsp3) is 0.273. The third kappa shape index (κ3) is 4.22. The minimum absolute atomic E-state index is 0.115. The lowest BCUT2D eigenvalue weighted by molar-refractivity contribution is -0.130. The van der Waals surface area contributed by atoms with Crippen LogP contribution in [0.3, 0.4) is 0 Å². The van der Waals surface area contributed by atoms with Crippen molar-refractivity contribution in [2.75, 3.05) is 11.9 Å². The first-order valence-electron chi connectivity index (χ1n) is 9.58. The molecule has 30 heavy (non-hydrogen) atoms.